The Morgan fingerprint density at radius 1 is 1.22 bits per heavy atom. The van der Waals surface area contributed by atoms with Gasteiger partial charge in [0.1, 0.15) is 5.69 Å². The lowest BCUT2D eigenvalue weighted by molar-refractivity contribution is 0.302. The Hall–Kier alpha value is -2.54. The number of pyridine rings is 1. The highest BCUT2D eigenvalue weighted by Crippen LogP contribution is 2.21. The number of aromatic nitrogens is 6. The van der Waals surface area contributed by atoms with Crippen molar-refractivity contribution in [3.8, 4) is 11.4 Å². The molecule has 118 valence electrons. The van der Waals surface area contributed by atoms with E-state index < -0.39 is 0 Å². The van der Waals surface area contributed by atoms with Gasteiger partial charge in [0.25, 0.3) is 0 Å². The lowest BCUT2D eigenvalue weighted by Gasteiger charge is -2.14. The monoisotopic (exact) mass is 309 g/mol. The van der Waals surface area contributed by atoms with Crippen molar-refractivity contribution >= 4 is 0 Å². The van der Waals surface area contributed by atoms with Crippen molar-refractivity contribution in [3.63, 3.8) is 0 Å². The zero-order valence-corrected chi connectivity index (χ0v) is 12.8. The van der Waals surface area contributed by atoms with Crippen LogP contribution >= 0.6 is 0 Å². The standard InChI is InChI=1S/C16H19N7/c1-2-5-17-15(3-1)16-9-14(19-20-16)12-22-7-4-13(10-22)11-23-8-6-18-21-23/h1-3,5-6,8-9,13H,4,7,10-12H2,(H,19,20). The number of rotatable bonds is 5. The fourth-order valence-electron chi connectivity index (χ4n) is 3.13. The summed E-state index contributed by atoms with van der Waals surface area (Å²) in [5.74, 6) is 0.634. The summed E-state index contributed by atoms with van der Waals surface area (Å²) in [6.45, 7) is 4.03. The minimum Gasteiger partial charge on any atom is -0.297 e. The van der Waals surface area contributed by atoms with E-state index in [-0.39, 0.29) is 0 Å². The molecule has 1 unspecified atom stereocenters. The van der Waals surface area contributed by atoms with E-state index >= 15 is 0 Å². The van der Waals surface area contributed by atoms with E-state index in [9.17, 15) is 0 Å². The first-order valence-corrected chi connectivity index (χ1v) is 7.89. The Bertz CT molecular complexity index is 735. The predicted molar refractivity (Wildman–Crippen MR) is 85.2 cm³/mol. The van der Waals surface area contributed by atoms with Crippen LogP contribution in [0.3, 0.4) is 0 Å². The molecular formula is C16H19N7. The molecule has 0 spiro atoms. The van der Waals surface area contributed by atoms with Crippen LogP contribution in [0.4, 0.5) is 0 Å². The Morgan fingerprint density at radius 3 is 3.04 bits per heavy atom. The predicted octanol–water partition coefficient (Wildman–Crippen LogP) is 1.59. The highest BCUT2D eigenvalue weighted by atomic mass is 15.4. The van der Waals surface area contributed by atoms with Gasteiger partial charge in [-0.15, -0.1) is 5.10 Å². The summed E-state index contributed by atoms with van der Waals surface area (Å²) in [6, 6.07) is 7.96. The molecule has 0 bridgehead atoms. The summed E-state index contributed by atoms with van der Waals surface area (Å²) in [6.07, 6.45) is 6.65. The van der Waals surface area contributed by atoms with Crippen LogP contribution in [-0.2, 0) is 13.1 Å². The maximum Gasteiger partial charge on any atom is 0.111 e. The lowest BCUT2D eigenvalue weighted by atomic mass is 10.1. The molecule has 3 aromatic rings. The first-order chi connectivity index (χ1) is 11.4. The number of hydrogen-bond donors (Lipinski definition) is 1. The number of nitrogens with zero attached hydrogens (tertiary/aromatic N) is 6. The smallest absolute Gasteiger partial charge is 0.111 e. The van der Waals surface area contributed by atoms with Crippen LogP contribution in [0.15, 0.2) is 42.9 Å². The molecule has 4 heterocycles. The molecule has 1 atom stereocenters. The van der Waals surface area contributed by atoms with Crippen LogP contribution in [0, 0.1) is 5.92 Å². The van der Waals surface area contributed by atoms with Crippen LogP contribution < -0.4 is 0 Å². The van der Waals surface area contributed by atoms with E-state index in [4.69, 9.17) is 0 Å². The third-order valence-electron chi connectivity index (χ3n) is 4.24. The summed E-state index contributed by atoms with van der Waals surface area (Å²) < 4.78 is 1.92. The van der Waals surface area contributed by atoms with E-state index in [1.54, 1.807) is 12.4 Å². The van der Waals surface area contributed by atoms with Crippen molar-refractivity contribution in [2.45, 2.75) is 19.5 Å². The van der Waals surface area contributed by atoms with E-state index in [1.807, 2.05) is 29.1 Å². The van der Waals surface area contributed by atoms with Crippen LogP contribution in [0.1, 0.15) is 12.1 Å². The second-order valence-corrected chi connectivity index (χ2v) is 6.01. The van der Waals surface area contributed by atoms with Crippen LogP contribution in [0.5, 0.6) is 0 Å². The van der Waals surface area contributed by atoms with Crippen LogP contribution in [0.2, 0.25) is 0 Å². The van der Waals surface area contributed by atoms with Gasteiger partial charge in [-0.05, 0) is 37.1 Å². The van der Waals surface area contributed by atoms with E-state index in [0.717, 1.165) is 43.3 Å². The molecule has 23 heavy (non-hydrogen) atoms. The van der Waals surface area contributed by atoms with Gasteiger partial charge in [0, 0.05) is 37.7 Å². The average Bonchev–Trinajstić information content (AvgIpc) is 3.32. The molecular weight excluding hydrogens is 290 g/mol. The van der Waals surface area contributed by atoms with Gasteiger partial charge >= 0.3 is 0 Å². The maximum atomic E-state index is 4.37. The van der Waals surface area contributed by atoms with Gasteiger partial charge in [-0.25, -0.2) is 0 Å². The summed E-state index contributed by atoms with van der Waals surface area (Å²) in [5, 5.41) is 15.4. The minimum atomic E-state index is 0.634. The van der Waals surface area contributed by atoms with Crippen molar-refractivity contribution in [2.24, 2.45) is 5.92 Å². The maximum absolute atomic E-state index is 4.37. The Morgan fingerprint density at radius 2 is 2.22 bits per heavy atom. The molecule has 1 N–H and O–H groups in total. The molecule has 0 radical (unpaired) electrons. The SMILES string of the molecule is c1ccc(-c2cc(CN3CCC(Cn4ccnn4)C3)[nH]n2)nc1. The van der Waals surface area contributed by atoms with Crippen LogP contribution in [-0.4, -0.2) is 48.2 Å². The molecule has 3 aromatic heterocycles. The van der Waals surface area contributed by atoms with Gasteiger partial charge in [0.05, 0.1) is 11.9 Å². The molecule has 7 heteroatoms. The highest BCUT2D eigenvalue weighted by Gasteiger charge is 2.23. The summed E-state index contributed by atoms with van der Waals surface area (Å²) >= 11 is 0. The quantitative estimate of drug-likeness (QED) is 0.774. The molecule has 1 aliphatic heterocycles. The van der Waals surface area contributed by atoms with E-state index in [2.05, 4.69) is 36.5 Å². The fraction of sp³-hybridized carbons (Fsp3) is 0.375. The van der Waals surface area contributed by atoms with Gasteiger partial charge < -0.3 is 0 Å². The van der Waals surface area contributed by atoms with Gasteiger partial charge in [-0.2, -0.15) is 5.10 Å². The van der Waals surface area contributed by atoms with Crippen molar-refractivity contribution in [3.05, 3.63) is 48.5 Å². The fourth-order valence-corrected chi connectivity index (χ4v) is 3.13. The largest absolute Gasteiger partial charge is 0.297 e. The summed E-state index contributed by atoms with van der Waals surface area (Å²) in [5.41, 5.74) is 2.94. The van der Waals surface area contributed by atoms with Gasteiger partial charge in [0.15, 0.2) is 0 Å². The number of aromatic amines is 1. The summed E-state index contributed by atoms with van der Waals surface area (Å²) in [4.78, 5) is 6.79. The normalized spacial score (nSPS) is 18.5. The average molecular weight is 309 g/mol. The van der Waals surface area contributed by atoms with Crippen LogP contribution in [0.25, 0.3) is 11.4 Å². The van der Waals surface area contributed by atoms with Crippen molar-refractivity contribution < 1.29 is 0 Å². The number of nitrogens with one attached hydrogen (secondary N) is 1. The topological polar surface area (TPSA) is 75.5 Å². The zero-order valence-electron chi connectivity index (χ0n) is 12.8. The molecule has 7 nitrogen and oxygen atoms in total. The third kappa shape index (κ3) is 3.29. The number of H-pyrrole nitrogens is 1. The molecule has 1 aliphatic rings. The van der Waals surface area contributed by atoms with Crippen molar-refractivity contribution in [1.29, 1.82) is 0 Å². The molecule has 1 saturated heterocycles. The molecule has 0 saturated carbocycles. The van der Waals surface area contributed by atoms with E-state index in [1.165, 1.54) is 6.42 Å². The van der Waals surface area contributed by atoms with E-state index in [0.29, 0.717) is 5.92 Å². The number of hydrogen-bond acceptors (Lipinski definition) is 5. The molecule has 0 amide bonds. The van der Waals surface area contributed by atoms with Gasteiger partial charge in [0.2, 0.25) is 0 Å². The molecule has 0 aromatic carbocycles. The Kier molecular flexibility index (Phi) is 3.85. The molecule has 4 rings (SSSR count). The zero-order chi connectivity index (χ0) is 15.5. The molecule has 0 aliphatic carbocycles. The Balaban J connectivity index is 1.35. The number of likely N-dealkylation sites (tertiary alicyclic amines) is 1. The van der Waals surface area contributed by atoms with Crippen molar-refractivity contribution in [1.82, 2.24) is 35.1 Å². The Labute approximate surface area is 134 Å². The van der Waals surface area contributed by atoms with Gasteiger partial charge in [-0.1, -0.05) is 11.3 Å². The first kappa shape index (κ1) is 14.1. The summed E-state index contributed by atoms with van der Waals surface area (Å²) in [7, 11) is 0. The lowest BCUT2D eigenvalue weighted by Crippen LogP contribution is -2.21. The first-order valence-electron chi connectivity index (χ1n) is 7.89. The van der Waals surface area contributed by atoms with Gasteiger partial charge in [-0.3, -0.25) is 19.7 Å². The highest BCUT2D eigenvalue weighted by molar-refractivity contribution is 5.53. The third-order valence-corrected chi connectivity index (χ3v) is 4.24. The van der Waals surface area contributed by atoms with Crippen molar-refractivity contribution in [2.75, 3.05) is 13.1 Å². The second kappa shape index (κ2) is 6.29. The minimum absolute atomic E-state index is 0.634. The second-order valence-electron chi connectivity index (χ2n) is 6.01. The molecule has 1 fully saturated rings.